The van der Waals surface area contributed by atoms with Crippen LogP contribution in [0.2, 0.25) is 0 Å². The molecule has 2 aromatic carbocycles. The predicted octanol–water partition coefficient (Wildman–Crippen LogP) is 4.14. The highest BCUT2D eigenvalue weighted by Crippen LogP contribution is 2.31. The SMILES string of the molecule is COc1ccc(-c2c(F)cccc2F)c(CNC(C)C)c1. The van der Waals surface area contributed by atoms with E-state index in [2.05, 4.69) is 5.32 Å². The Kier molecular flexibility index (Phi) is 4.91. The lowest BCUT2D eigenvalue weighted by Crippen LogP contribution is -2.22. The first-order valence-electron chi connectivity index (χ1n) is 6.87. The van der Waals surface area contributed by atoms with Crippen molar-refractivity contribution in [1.82, 2.24) is 5.32 Å². The van der Waals surface area contributed by atoms with E-state index in [1.807, 2.05) is 13.8 Å². The van der Waals surface area contributed by atoms with E-state index in [0.29, 0.717) is 17.9 Å². The summed E-state index contributed by atoms with van der Waals surface area (Å²) in [4.78, 5) is 0. The quantitative estimate of drug-likeness (QED) is 0.894. The lowest BCUT2D eigenvalue weighted by atomic mass is 9.98. The molecule has 0 unspecified atom stereocenters. The molecule has 0 amide bonds. The largest absolute Gasteiger partial charge is 0.497 e. The normalized spacial score (nSPS) is 11.0. The van der Waals surface area contributed by atoms with Gasteiger partial charge in [-0.05, 0) is 35.4 Å². The van der Waals surface area contributed by atoms with Crippen LogP contribution in [0.1, 0.15) is 19.4 Å². The summed E-state index contributed by atoms with van der Waals surface area (Å²) in [6.45, 7) is 4.55. The zero-order valence-electron chi connectivity index (χ0n) is 12.4. The number of methoxy groups -OCH3 is 1. The van der Waals surface area contributed by atoms with Gasteiger partial charge in [0.1, 0.15) is 17.4 Å². The summed E-state index contributed by atoms with van der Waals surface area (Å²) in [6.07, 6.45) is 0. The third kappa shape index (κ3) is 3.58. The van der Waals surface area contributed by atoms with Crippen molar-refractivity contribution in [3.8, 4) is 16.9 Å². The number of hydrogen-bond acceptors (Lipinski definition) is 2. The molecule has 0 aliphatic heterocycles. The molecule has 0 saturated carbocycles. The van der Waals surface area contributed by atoms with Crippen LogP contribution in [-0.4, -0.2) is 13.2 Å². The molecule has 0 aromatic heterocycles. The van der Waals surface area contributed by atoms with E-state index < -0.39 is 11.6 Å². The van der Waals surface area contributed by atoms with Gasteiger partial charge in [0.05, 0.1) is 12.7 Å². The van der Waals surface area contributed by atoms with E-state index in [9.17, 15) is 8.78 Å². The Morgan fingerprint density at radius 1 is 1.10 bits per heavy atom. The first kappa shape index (κ1) is 15.4. The molecule has 0 aliphatic carbocycles. The summed E-state index contributed by atoms with van der Waals surface area (Å²) in [7, 11) is 1.57. The fourth-order valence-electron chi connectivity index (χ4n) is 2.16. The first-order chi connectivity index (χ1) is 10.0. The minimum atomic E-state index is -0.564. The maximum Gasteiger partial charge on any atom is 0.133 e. The number of hydrogen-bond donors (Lipinski definition) is 1. The first-order valence-corrected chi connectivity index (χ1v) is 6.87. The number of rotatable bonds is 5. The summed E-state index contributed by atoms with van der Waals surface area (Å²) in [5.74, 6) is -0.465. The van der Waals surface area contributed by atoms with Gasteiger partial charge in [-0.1, -0.05) is 26.0 Å². The summed E-state index contributed by atoms with van der Waals surface area (Å²) in [5, 5.41) is 3.26. The van der Waals surface area contributed by atoms with E-state index in [-0.39, 0.29) is 11.6 Å². The molecule has 0 atom stereocenters. The van der Waals surface area contributed by atoms with Crippen LogP contribution in [0.25, 0.3) is 11.1 Å². The van der Waals surface area contributed by atoms with Crippen LogP contribution in [-0.2, 0) is 6.54 Å². The predicted molar refractivity (Wildman–Crippen MR) is 80.3 cm³/mol. The Morgan fingerprint density at radius 3 is 2.33 bits per heavy atom. The van der Waals surface area contributed by atoms with Crippen molar-refractivity contribution in [3.63, 3.8) is 0 Å². The van der Waals surface area contributed by atoms with Crippen LogP contribution in [0.5, 0.6) is 5.75 Å². The fourth-order valence-corrected chi connectivity index (χ4v) is 2.16. The van der Waals surface area contributed by atoms with Crippen LogP contribution < -0.4 is 10.1 Å². The van der Waals surface area contributed by atoms with Crippen LogP contribution in [0.3, 0.4) is 0 Å². The third-order valence-electron chi connectivity index (χ3n) is 3.25. The maximum atomic E-state index is 14.0. The number of nitrogens with one attached hydrogen (secondary N) is 1. The highest BCUT2D eigenvalue weighted by molar-refractivity contribution is 5.69. The van der Waals surface area contributed by atoms with Crippen LogP contribution >= 0.6 is 0 Å². The van der Waals surface area contributed by atoms with Gasteiger partial charge in [0.2, 0.25) is 0 Å². The molecule has 21 heavy (non-hydrogen) atoms. The Hall–Kier alpha value is -1.94. The molecular weight excluding hydrogens is 272 g/mol. The van der Waals surface area contributed by atoms with Crippen molar-refractivity contribution in [2.45, 2.75) is 26.4 Å². The molecule has 112 valence electrons. The van der Waals surface area contributed by atoms with Gasteiger partial charge in [0, 0.05) is 12.6 Å². The summed E-state index contributed by atoms with van der Waals surface area (Å²) >= 11 is 0. The zero-order chi connectivity index (χ0) is 15.4. The molecule has 1 N–H and O–H groups in total. The molecule has 0 bridgehead atoms. The van der Waals surface area contributed by atoms with Gasteiger partial charge < -0.3 is 10.1 Å². The average Bonchev–Trinajstić information content (AvgIpc) is 2.45. The fraction of sp³-hybridized carbons (Fsp3) is 0.294. The second-order valence-electron chi connectivity index (χ2n) is 5.16. The number of halogens is 2. The van der Waals surface area contributed by atoms with E-state index >= 15 is 0 Å². The maximum absolute atomic E-state index is 14.0. The average molecular weight is 291 g/mol. The van der Waals surface area contributed by atoms with Crippen molar-refractivity contribution in [1.29, 1.82) is 0 Å². The molecule has 2 nitrogen and oxygen atoms in total. The highest BCUT2D eigenvalue weighted by Gasteiger charge is 2.15. The van der Waals surface area contributed by atoms with Gasteiger partial charge in [-0.25, -0.2) is 8.78 Å². The molecule has 0 aliphatic rings. The van der Waals surface area contributed by atoms with Gasteiger partial charge in [0.15, 0.2) is 0 Å². The zero-order valence-corrected chi connectivity index (χ0v) is 12.4. The molecule has 4 heteroatoms. The van der Waals surface area contributed by atoms with Crippen LogP contribution in [0.4, 0.5) is 8.78 Å². The minimum absolute atomic E-state index is 0.000657. The second-order valence-corrected chi connectivity index (χ2v) is 5.16. The summed E-state index contributed by atoms with van der Waals surface area (Å²) < 4.78 is 33.2. The monoisotopic (exact) mass is 291 g/mol. The van der Waals surface area contributed by atoms with Gasteiger partial charge >= 0.3 is 0 Å². The Balaban J connectivity index is 2.51. The smallest absolute Gasteiger partial charge is 0.133 e. The van der Waals surface area contributed by atoms with E-state index in [1.165, 1.54) is 18.2 Å². The number of benzene rings is 2. The van der Waals surface area contributed by atoms with Crippen molar-refractivity contribution in [2.24, 2.45) is 0 Å². The van der Waals surface area contributed by atoms with Crippen molar-refractivity contribution in [3.05, 3.63) is 53.6 Å². The summed E-state index contributed by atoms with van der Waals surface area (Å²) in [5.41, 5.74) is 1.34. The molecule has 0 heterocycles. The minimum Gasteiger partial charge on any atom is -0.497 e. The standard InChI is InChI=1S/C17H19F2NO/c1-11(2)20-10-12-9-13(21-3)7-8-14(12)17-15(18)5-4-6-16(17)19/h4-9,11,20H,10H2,1-3H3. The van der Waals surface area contributed by atoms with E-state index in [1.54, 1.807) is 25.3 Å². The van der Waals surface area contributed by atoms with Gasteiger partial charge in [0.25, 0.3) is 0 Å². The van der Waals surface area contributed by atoms with Gasteiger partial charge in [-0.15, -0.1) is 0 Å². The van der Waals surface area contributed by atoms with E-state index in [0.717, 1.165) is 5.56 Å². The van der Waals surface area contributed by atoms with Crippen molar-refractivity contribution in [2.75, 3.05) is 7.11 Å². The molecule has 2 aromatic rings. The lowest BCUT2D eigenvalue weighted by Gasteiger charge is -2.15. The van der Waals surface area contributed by atoms with Crippen molar-refractivity contribution < 1.29 is 13.5 Å². The van der Waals surface area contributed by atoms with E-state index in [4.69, 9.17) is 4.74 Å². The highest BCUT2D eigenvalue weighted by atomic mass is 19.1. The van der Waals surface area contributed by atoms with Crippen molar-refractivity contribution >= 4 is 0 Å². The Morgan fingerprint density at radius 2 is 1.76 bits per heavy atom. The lowest BCUT2D eigenvalue weighted by molar-refractivity contribution is 0.414. The summed E-state index contributed by atoms with van der Waals surface area (Å²) in [6, 6.07) is 9.37. The molecule has 0 saturated heterocycles. The topological polar surface area (TPSA) is 21.3 Å². The number of ether oxygens (including phenoxy) is 1. The second kappa shape index (κ2) is 6.68. The van der Waals surface area contributed by atoms with Gasteiger partial charge in [-0.2, -0.15) is 0 Å². The Bertz CT molecular complexity index is 606. The van der Waals surface area contributed by atoms with Crippen LogP contribution in [0.15, 0.2) is 36.4 Å². The van der Waals surface area contributed by atoms with Crippen LogP contribution in [0, 0.1) is 11.6 Å². The Labute approximate surface area is 123 Å². The molecular formula is C17H19F2NO. The molecule has 2 rings (SSSR count). The molecule has 0 spiro atoms. The molecule has 0 radical (unpaired) electrons. The third-order valence-corrected chi connectivity index (χ3v) is 3.25. The van der Waals surface area contributed by atoms with Gasteiger partial charge in [-0.3, -0.25) is 0 Å². The molecule has 0 fully saturated rings.